The SMILES string of the molecule is CC(C)(CO)C1CCN(c2nc(Nc3cc(C4CC4)[nH]n3)c3sccc3n2)CC1. The second-order valence-electron chi connectivity index (χ2n) is 9.02. The van der Waals surface area contributed by atoms with Gasteiger partial charge in [0.15, 0.2) is 11.6 Å². The molecule has 3 N–H and O–H groups in total. The van der Waals surface area contributed by atoms with Gasteiger partial charge in [-0.25, -0.2) is 4.98 Å². The number of piperidine rings is 1. The van der Waals surface area contributed by atoms with E-state index in [1.807, 2.05) is 0 Å². The smallest absolute Gasteiger partial charge is 0.227 e. The molecule has 1 aliphatic heterocycles. The summed E-state index contributed by atoms with van der Waals surface area (Å²) in [7, 11) is 0. The van der Waals surface area contributed by atoms with Gasteiger partial charge in [0, 0.05) is 37.4 Å². The minimum absolute atomic E-state index is 0.0316. The predicted octanol–water partition coefficient (Wildman–Crippen LogP) is 4.27. The van der Waals surface area contributed by atoms with Crippen molar-refractivity contribution >= 4 is 39.1 Å². The van der Waals surface area contributed by atoms with Gasteiger partial charge in [-0.15, -0.1) is 11.3 Å². The van der Waals surface area contributed by atoms with Crippen molar-refractivity contribution in [1.82, 2.24) is 20.2 Å². The molecular weight excluding hydrogens is 384 g/mol. The number of fused-ring (bicyclic) bond motifs is 1. The summed E-state index contributed by atoms with van der Waals surface area (Å²) in [6.45, 7) is 6.37. The van der Waals surface area contributed by atoms with Gasteiger partial charge in [0.1, 0.15) is 0 Å². The van der Waals surface area contributed by atoms with E-state index in [-0.39, 0.29) is 12.0 Å². The van der Waals surface area contributed by atoms with E-state index in [9.17, 15) is 5.11 Å². The van der Waals surface area contributed by atoms with E-state index in [4.69, 9.17) is 9.97 Å². The fraction of sp³-hybridized carbons (Fsp3) is 0.571. The molecule has 154 valence electrons. The average molecular weight is 413 g/mol. The van der Waals surface area contributed by atoms with E-state index in [0.717, 1.165) is 53.7 Å². The van der Waals surface area contributed by atoms with E-state index in [2.05, 4.69) is 51.8 Å². The summed E-state index contributed by atoms with van der Waals surface area (Å²) < 4.78 is 1.06. The summed E-state index contributed by atoms with van der Waals surface area (Å²) >= 11 is 1.65. The number of nitrogens with zero attached hydrogens (tertiary/aromatic N) is 4. The molecule has 7 nitrogen and oxygen atoms in total. The number of hydrogen-bond donors (Lipinski definition) is 3. The molecular formula is C21H28N6OS. The first-order valence-electron chi connectivity index (χ1n) is 10.5. The molecule has 0 spiro atoms. The van der Waals surface area contributed by atoms with E-state index < -0.39 is 0 Å². The molecule has 2 fully saturated rings. The van der Waals surface area contributed by atoms with E-state index in [1.165, 1.54) is 18.5 Å². The normalized spacial score (nSPS) is 18.5. The molecule has 1 saturated carbocycles. The zero-order valence-corrected chi connectivity index (χ0v) is 17.8. The lowest BCUT2D eigenvalue weighted by Crippen LogP contribution is -2.41. The van der Waals surface area contributed by atoms with Gasteiger partial charge in [0.05, 0.1) is 10.2 Å². The van der Waals surface area contributed by atoms with Crippen molar-refractivity contribution in [3.05, 3.63) is 23.2 Å². The lowest BCUT2D eigenvalue weighted by Gasteiger charge is -2.39. The van der Waals surface area contributed by atoms with Crippen LogP contribution in [0.4, 0.5) is 17.6 Å². The van der Waals surface area contributed by atoms with Crippen molar-refractivity contribution in [2.24, 2.45) is 11.3 Å². The Kier molecular flexibility index (Phi) is 4.70. The minimum Gasteiger partial charge on any atom is -0.396 e. The molecule has 0 aromatic carbocycles. The molecule has 5 rings (SSSR count). The number of rotatable bonds is 6. The van der Waals surface area contributed by atoms with Gasteiger partial charge < -0.3 is 15.3 Å². The monoisotopic (exact) mass is 412 g/mol. The first kappa shape index (κ1) is 18.8. The van der Waals surface area contributed by atoms with Crippen LogP contribution in [0.5, 0.6) is 0 Å². The third kappa shape index (κ3) is 3.71. The van der Waals surface area contributed by atoms with Crippen molar-refractivity contribution in [2.45, 2.75) is 45.4 Å². The Morgan fingerprint density at radius 2 is 2.03 bits per heavy atom. The topological polar surface area (TPSA) is 90.0 Å². The Labute approximate surface area is 174 Å². The molecule has 3 aromatic rings. The molecule has 8 heteroatoms. The van der Waals surface area contributed by atoms with E-state index in [1.54, 1.807) is 11.3 Å². The highest BCUT2D eigenvalue weighted by atomic mass is 32.1. The summed E-state index contributed by atoms with van der Waals surface area (Å²) in [5.74, 6) is 3.58. The maximum absolute atomic E-state index is 9.69. The van der Waals surface area contributed by atoms with Crippen molar-refractivity contribution in [1.29, 1.82) is 0 Å². The second kappa shape index (κ2) is 7.25. The number of aromatic amines is 1. The first-order valence-corrected chi connectivity index (χ1v) is 11.3. The van der Waals surface area contributed by atoms with Gasteiger partial charge in [0.2, 0.25) is 5.95 Å². The van der Waals surface area contributed by atoms with Crippen LogP contribution in [0, 0.1) is 11.3 Å². The summed E-state index contributed by atoms with van der Waals surface area (Å²) in [6.07, 6.45) is 4.59. The largest absolute Gasteiger partial charge is 0.396 e. The highest BCUT2D eigenvalue weighted by Gasteiger charge is 2.33. The van der Waals surface area contributed by atoms with Crippen molar-refractivity contribution in [3.63, 3.8) is 0 Å². The van der Waals surface area contributed by atoms with E-state index in [0.29, 0.717) is 11.8 Å². The van der Waals surface area contributed by atoms with Gasteiger partial charge in [-0.05, 0) is 48.5 Å². The predicted molar refractivity (Wildman–Crippen MR) is 117 cm³/mol. The summed E-state index contributed by atoms with van der Waals surface area (Å²) in [5.41, 5.74) is 2.15. The third-order valence-corrected chi connectivity index (χ3v) is 7.35. The molecule has 0 atom stereocenters. The van der Waals surface area contributed by atoms with Crippen molar-refractivity contribution in [3.8, 4) is 0 Å². The summed E-state index contributed by atoms with van der Waals surface area (Å²) in [5, 5.41) is 22.7. The number of anilines is 3. The molecule has 1 aliphatic carbocycles. The van der Waals surface area contributed by atoms with Gasteiger partial charge in [-0.3, -0.25) is 5.10 Å². The molecule has 3 aromatic heterocycles. The fourth-order valence-electron chi connectivity index (χ4n) is 4.19. The lowest BCUT2D eigenvalue weighted by atomic mass is 9.74. The van der Waals surface area contributed by atoms with Gasteiger partial charge in [-0.2, -0.15) is 10.1 Å². The highest BCUT2D eigenvalue weighted by Crippen LogP contribution is 2.40. The van der Waals surface area contributed by atoms with Gasteiger partial charge in [-0.1, -0.05) is 13.8 Å². The zero-order chi connectivity index (χ0) is 20.0. The minimum atomic E-state index is -0.0316. The molecule has 1 saturated heterocycles. The second-order valence-corrected chi connectivity index (χ2v) is 9.94. The standard InChI is InChI=1S/C21H28N6OS/c1-21(2,12-28)14-5-8-27(9-6-14)20-22-15-7-10-29-18(15)19(24-20)23-17-11-16(25-26-17)13-3-4-13/h7,10-11,13-14,28H,3-6,8-9,12H2,1-2H3,(H2,22,23,24,25,26). The summed E-state index contributed by atoms with van der Waals surface area (Å²) in [4.78, 5) is 12.0. The van der Waals surface area contributed by atoms with Crippen LogP contribution in [0.25, 0.3) is 10.2 Å². The zero-order valence-electron chi connectivity index (χ0n) is 17.0. The average Bonchev–Trinajstić information content (AvgIpc) is 3.28. The molecule has 0 amide bonds. The Bertz CT molecular complexity index is 1000. The van der Waals surface area contributed by atoms with Crippen LogP contribution in [-0.4, -0.2) is 45.0 Å². The molecule has 0 bridgehead atoms. The van der Waals surface area contributed by atoms with Gasteiger partial charge in [0.25, 0.3) is 0 Å². The quantitative estimate of drug-likeness (QED) is 0.560. The summed E-state index contributed by atoms with van der Waals surface area (Å²) in [6, 6.07) is 4.15. The van der Waals surface area contributed by atoms with E-state index >= 15 is 0 Å². The number of aliphatic hydroxyl groups is 1. The molecule has 2 aliphatic rings. The van der Waals surface area contributed by atoms with Crippen LogP contribution < -0.4 is 10.2 Å². The number of H-pyrrole nitrogens is 1. The number of aliphatic hydroxyl groups excluding tert-OH is 1. The Balaban J connectivity index is 1.37. The van der Waals surface area contributed by atoms with Crippen molar-refractivity contribution < 1.29 is 5.11 Å². The Morgan fingerprint density at radius 1 is 1.24 bits per heavy atom. The van der Waals surface area contributed by atoms with Crippen molar-refractivity contribution in [2.75, 3.05) is 29.9 Å². The molecule has 29 heavy (non-hydrogen) atoms. The van der Waals surface area contributed by atoms with Crippen LogP contribution >= 0.6 is 11.3 Å². The van der Waals surface area contributed by atoms with Crippen LogP contribution in [0.3, 0.4) is 0 Å². The number of nitrogens with one attached hydrogen (secondary N) is 2. The Morgan fingerprint density at radius 3 is 2.76 bits per heavy atom. The number of aromatic nitrogens is 4. The van der Waals surface area contributed by atoms with Crippen LogP contribution in [-0.2, 0) is 0 Å². The van der Waals surface area contributed by atoms with Gasteiger partial charge >= 0.3 is 0 Å². The maximum atomic E-state index is 9.69. The third-order valence-electron chi connectivity index (χ3n) is 6.44. The molecule has 0 unspecified atom stereocenters. The Hall–Kier alpha value is -2.19. The fourth-order valence-corrected chi connectivity index (χ4v) is 4.97. The molecule has 0 radical (unpaired) electrons. The first-order chi connectivity index (χ1) is 14.0. The lowest BCUT2D eigenvalue weighted by molar-refractivity contribution is 0.0811. The van der Waals surface area contributed by atoms with Crippen LogP contribution in [0.15, 0.2) is 17.5 Å². The number of thiophene rings is 1. The van der Waals surface area contributed by atoms with Crippen LogP contribution in [0.2, 0.25) is 0 Å². The maximum Gasteiger partial charge on any atom is 0.227 e. The van der Waals surface area contributed by atoms with Crippen LogP contribution in [0.1, 0.15) is 51.1 Å². The highest BCUT2D eigenvalue weighted by molar-refractivity contribution is 7.17. The number of hydrogen-bond acceptors (Lipinski definition) is 7. The molecule has 4 heterocycles.